The first-order valence-electron chi connectivity index (χ1n) is 11.1. The van der Waals surface area contributed by atoms with Crippen LogP contribution < -0.4 is 5.56 Å². The Bertz CT molecular complexity index is 1270. The number of benzene rings is 2. The van der Waals surface area contributed by atoms with Gasteiger partial charge in [0.2, 0.25) is 5.91 Å². The van der Waals surface area contributed by atoms with E-state index in [0.29, 0.717) is 23.5 Å². The summed E-state index contributed by atoms with van der Waals surface area (Å²) in [6.07, 6.45) is 0.906. The smallest absolute Gasteiger partial charge is 0.260 e. The van der Waals surface area contributed by atoms with E-state index < -0.39 is 0 Å². The Morgan fingerprint density at radius 1 is 1.12 bits per heavy atom. The molecule has 0 aliphatic carbocycles. The molecule has 0 radical (unpaired) electrons. The molecule has 0 spiro atoms. The number of carbonyl (C=O) groups excluding carboxylic acids is 1. The highest BCUT2D eigenvalue weighted by molar-refractivity contribution is 7.99. The van der Waals surface area contributed by atoms with Crippen LogP contribution in [0.5, 0.6) is 0 Å². The van der Waals surface area contributed by atoms with Crippen molar-refractivity contribution in [1.82, 2.24) is 14.9 Å². The van der Waals surface area contributed by atoms with Crippen LogP contribution in [0.15, 0.2) is 70.8 Å². The van der Waals surface area contributed by atoms with Gasteiger partial charge in [0, 0.05) is 24.0 Å². The first kappa shape index (κ1) is 23.3. The molecule has 1 atom stereocenters. The van der Waals surface area contributed by atoms with Gasteiger partial charge in [0.05, 0.1) is 16.4 Å². The standard InChI is InChI=1S/C26H27N3O2S2/c1-3-14-29(15-19-10-6-4-7-11-19)26(31)18(2)32-17-22-27-24(30)23-21(16-33-25(23)28-22)20-12-8-5-9-13-20/h4-13,16,18H,3,14-15,17H2,1-2H3,(H,27,28,30). The van der Waals surface area contributed by atoms with E-state index in [9.17, 15) is 9.59 Å². The Labute approximate surface area is 201 Å². The van der Waals surface area contributed by atoms with Crippen molar-refractivity contribution in [1.29, 1.82) is 0 Å². The topological polar surface area (TPSA) is 66.1 Å². The van der Waals surface area contributed by atoms with E-state index in [1.807, 2.05) is 77.9 Å². The molecule has 0 saturated carbocycles. The Morgan fingerprint density at radius 2 is 1.82 bits per heavy atom. The third kappa shape index (κ3) is 5.54. The largest absolute Gasteiger partial charge is 0.337 e. The van der Waals surface area contributed by atoms with Crippen LogP contribution in [-0.2, 0) is 17.1 Å². The number of thiophene rings is 1. The lowest BCUT2D eigenvalue weighted by molar-refractivity contribution is -0.131. The number of hydrogen-bond acceptors (Lipinski definition) is 5. The fraction of sp³-hybridized carbons (Fsp3) is 0.269. The summed E-state index contributed by atoms with van der Waals surface area (Å²) in [5, 5.41) is 2.38. The van der Waals surface area contributed by atoms with E-state index in [0.717, 1.165) is 34.5 Å². The van der Waals surface area contributed by atoms with E-state index in [1.54, 1.807) is 0 Å². The van der Waals surface area contributed by atoms with Gasteiger partial charge in [-0.3, -0.25) is 9.59 Å². The molecule has 170 valence electrons. The van der Waals surface area contributed by atoms with Crippen LogP contribution in [0.4, 0.5) is 0 Å². The van der Waals surface area contributed by atoms with Crippen LogP contribution in [0.1, 0.15) is 31.7 Å². The molecular weight excluding hydrogens is 450 g/mol. The molecular formula is C26H27N3O2S2. The van der Waals surface area contributed by atoms with Crippen molar-refractivity contribution in [2.45, 2.75) is 37.8 Å². The highest BCUT2D eigenvalue weighted by Crippen LogP contribution is 2.31. The fourth-order valence-electron chi connectivity index (χ4n) is 3.77. The Kier molecular flexibility index (Phi) is 7.62. The molecule has 4 aromatic rings. The maximum absolute atomic E-state index is 13.1. The molecule has 2 aromatic heterocycles. The number of hydrogen-bond donors (Lipinski definition) is 1. The SMILES string of the molecule is CCCN(Cc1ccccc1)C(=O)C(C)SCc1nc2scc(-c3ccccc3)c2c(=O)[nH]1. The number of aromatic amines is 1. The molecule has 2 aromatic carbocycles. The number of thioether (sulfide) groups is 1. The van der Waals surface area contributed by atoms with Gasteiger partial charge in [-0.15, -0.1) is 23.1 Å². The van der Waals surface area contributed by atoms with Gasteiger partial charge >= 0.3 is 0 Å². The minimum Gasteiger partial charge on any atom is -0.337 e. The molecule has 0 aliphatic heterocycles. The molecule has 1 N–H and O–H groups in total. The van der Waals surface area contributed by atoms with Crippen LogP contribution >= 0.6 is 23.1 Å². The number of nitrogens with zero attached hydrogens (tertiary/aromatic N) is 2. The number of rotatable bonds is 9. The van der Waals surface area contributed by atoms with Gasteiger partial charge in [-0.25, -0.2) is 4.98 Å². The second-order valence-corrected chi connectivity index (χ2v) is 10.1. The summed E-state index contributed by atoms with van der Waals surface area (Å²) in [6.45, 7) is 5.33. The van der Waals surface area contributed by atoms with E-state index in [4.69, 9.17) is 0 Å². The van der Waals surface area contributed by atoms with Crippen molar-refractivity contribution in [3.63, 3.8) is 0 Å². The van der Waals surface area contributed by atoms with Crippen molar-refractivity contribution in [2.75, 3.05) is 6.54 Å². The number of H-pyrrole nitrogens is 1. The van der Waals surface area contributed by atoms with Crippen molar-refractivity contribution < 1.29 is 4.79 Å². The van der Waals surface area contributed by atoms with Crippen molar-refractivity contribution >= 4 is 39.2 Å². The first-order valence-corrected chi connectivity index (χ1v) is 13.0. The summed E-state index contributed by atoms with van der Waals surface area (Å²) in [5.41, 5.74) is 2.90. The van der Waals surface area contributed by atoms with Crippen LogP contribution in [0.2, 0.25) is 0 Å². The predicted octanol–water partition coefficient (Wildman–Crippen LogP) is 5.71. The molecule has 5 nitrogen and oxygen atoms in total. The minimum absolute atomic E-state index is 0.108. The predicted molar refractivity (Wildman–Crippen MR) is 139 cm³/mol. The molecule has 0 saturated heterocycles. The Hall–Kier alpha value is -2.90. The van der Waals surface area contributed by atoms with Crippen LogP contribution in [-0.4, -0.2) is 32.6 Å². The number of nitrogens with one attached hydrogen (secondary N) is 1. The van der Waals surface area contributed by atoms with Gasteiger partial charge in [-0.05, 0) is 24.5 Å². The second-order valence-electron chi connectivity index (χ2n) is 7.91. The summed E-state index contributed by atoms with van der Waals surface area (Å²) in [4.78, 5) is 36.2. The lowest BCUT2D eigenvalue weighted by Crippen LogP contribution is -2.36. The van der Waals surface area contributed by atoms with Gasteiger partial charge in [-0.2, -0.15) is 0 Å². The maximum atomic E-state index is 13.1. The summed E-state index contributed by atoms with van der Waals surface area (Å²) < 4.78 is 0. The quantitative estimate of drug-likeness (QED) is 0.335. The minimum atomic E-state index is -0.232. The van der Waals surface area contributed by atoms with Gasteiger partial charge in [0.15, 0.2) is 0 Å². The van der Waals surface area contributed by atoms with Gasteiger partial charge < -0.3 is 9.88 Å². The summed E-state index contributed by atoms with van der Waals surface area (Å²) in [5.74, 6) is 1.18. The molecule has 0 aliphatic rings. The molecule has 7 heteroatoms. The zero-order valence-electron chi connectivity index (χ0n) is 18.8. The van der Waals surface area contributed by atoms with Crippen molar-refractivity contribution in [3.8, 4) is 11.1 Å². The zero-order chi connectivity index (χ0) is 23.2. The highest BCUT2D eigenvalue weighted by Gasteiger charge is 2.21. The molecule has 4 rings (SSSR count). The molecule has 2 heterocycles. The third-order valence-electron chi connectivity index (χ3n) is 5.42. The molecule has 0 bridgehead atoms. The summed E-state index contributed by atoms with van der Waals surface area (Å²) in [7, 11) is 0. The fourth-order valence-corrected chi connectivity index (χ4v) is 5.57. The Morgan fingerprint density at radius 3 is 2.52 bits per heavy atom. The van der Waals surface area contributed by atoms with Gasteiger partial charge in [0.25, 0.3) is 5.56 Å². The summed E-state index contributed by atoms with van der Waals surface area (Å²) in [6, 6.07) is 19.9. The van der Waals surface area contributed by atoms with Crippen molar-refractivity contribution in [3.05, 3.63) is 87.8 Å². The van der Waals surface area contributed by atoms with E-state index >= 15 is 0 Å². The number of aromatic nitrogens is 2. The second kappa shape index (κ2) is 10.8. The van der Waals surface area contributed by atoms with Gasteiger partial charge in [-0.1, -0.05) is 67.6 Å². The number of amides is 1. The molecule has 0 fully saturated rings. The normalized spacial score (nSPS) is 12.1. The maximum Gasteiger partial charge on any atom is 0.260 e. The molecule has 1 unspecified atom stereocenters. The average Bonchev–Trinajstić information content (AvgIpc) is 3.28. The Balaban J connectivity index is 1.46. The van der Waals surface area contributed by atoms with E-state index in [1.165, 1.54) is 23.1 Å². The third-order valence-corrected chi connectivity index (χ3v) is 7.43. The first-order chi connectivity index (χ1) is 16.1. The van der Waals surface area contributed by atoms with Crippen LogP contribution in [0.3, 0.4) is 0 Å². The molecule has 1 amide bonds. The average molecular weight is 478 g/mol. The number of fused-ring (bicyclic) bond motifs is 1. The molecule has 33 heavy (non-hydrogen) atoms. The number of carbonyl (C=O) groups is 1. The van der Waals surface area contributed by atoms with Crippen molar-refractivity contribution in [2.24, 2.45) is 0 Å². The monoisotopic (exact) mass is 477 g/mol. The summed E-state index contributed by atoms with van der Waals surface area (Å²) >= 11 is 2.98. The van der Waals surface area contributed by atoms with E-state index in [2.05, 4.69) is 16.9 Å². The van der Waals surface area contributed by atoms with Crippen LogP contribution in [0.25, 0.3) is 21.3 Å². The highest BCUT2D eigenvalue weighted by atomic mass is 32.2. The van der Waals surface area contributed by atoms with Crippen LogP contribution in [0, 0.1) is 0 Å². The lowest BCUT2D eigenvalue weighted by atomic mass is 10.1. The van der Waals surface area contributed by atoms with Gasteiger partial charge in [0.1, 0.15) is 10.7 Å². The lowest BCUT2D eigenvalue weighted by Gasteiger charge is -2.25. The van der Waals surface area contributed by atoms with E-state index in [-0.39, 0.29) is 16.7 Å². The zero-order valence-corrected chi connectivity index (χ0v) is 20.4.